The van der Waals surface area contributed by atoms with Gasteiger partial charge in [-0.3, -0.25) is 9.59 Å². The summed E-state index contributed by atoms with van der Waals surface area (Å²) in [4.78, 5) is 43.7. The van der Waals surface area contributed by atoms with Crippen molar-refractivity contribution in [3.63, 3.8) is 0 Å². The molecule has 3 heterocycles. The number of hydrogen-bond acceptors (Lipinski definition) is 7. The number of aromatic nitrogens is 1. The summed E-state index contributed by atoms with van der Waals surface area (Å²) in [6.45, 7) is 2.71. The van der Waals surface area contributed by atoms with Gasteiger partial charge < -0.3 is 26.2 Å². The molecule has 2 aromatic heterocycles. The molecule has 41 heavy (non-hydrogen) atoms. The van der Waals surface area contributed by atoms with Crippen molar-refractivity contribution in [1.29, 1.82) is 0 Å². The van der Waals surface area contributed by atoms with Gasteiger partial charge in [-0.15, -0.1) is 11.3 Å². The molecule has 0 bridgehead atoms. The number of carboxylic acid groups (broad SMARTS) is 1. The molecule has 5 rings (SSSR count). The lowest BCUT2D eigenvalue weighted by atomic mass is 9.93. The molecule has 1 aliphatic rings. The van der Waals surface area contributed by atoms with E-state index in [9.17, 15) is 23.9 Å². The number of halogens is 1. The zero-order valence-electron chi connectivity index (χ0n) is 22.1. The van der Waals surface area contributed by atoms with Gasteiger partial charge in [-0.1, -0.05) is 13.0 Å². The minimum atomic E-state index is -1.37. The molecule has 11 heteroatoms. The van der Waals surface area contributed by atoms with Gasteiger partial charge >= 0.3 is 5.97 Å². The van der Waals surface area contributed by atoms with E-state index >= 15 is 0 Å². The number of rotatable bonds is 8. The average Bonchev–Trinajstić information content (AvgIpc) is 3.36. The van der Waals surface area contributed by atoms with Crippen molar-refractivity contribution >= 4 is 34.8 Å². The van der Waals surface area contributed by atoms with Crippen molar-refractivity contribution in [3.8, 4) is 27.3 Å². The Balaban J connectivity index is 1.66. The topological polar surface area (TPSA) is 144 Å². The molecule has 2 aromatic carbocycles. The predicted octanol–water partition coefficient (Wildman–Crippen LogP) is 5.10. The zero-order chi connectivity index (χ0) is 29.1. The fourth-order valence-corrected chi connectivity index (χ4v) is 5.59. The van der Waals surface area contributed by atoms with E-state index in [0.29, 0.717) is 42.9 Å². The highest BCUT2D eigenvalue weighted by Gasteiger charge is 2.26. The molecule has 4 aromatic rings. The quantitative estimate of drug-likeness (QED) is 0.229. The third-order valence-corrected chi connectivity index (χ3v) is 7.66. The molecule has 0 atom stereocenters. The van der Waals surface area contributed by atoms with Crippen molar-refractivity contribution in [3.05, 3.63) is 87.8 Å². The smallest absolute Gasteiger partial charge is 0.355 e. The summed E-state index contributed by atoms with van der Waals surface area (Å²) in [6.07, 6.45) is 1.37. The molecule has 0 radical (unpaired) electrons. The van der Waals surface area contributed by atoms with Crippen molar-refractivity contribution in [2.24, 2.45) is 5.73 Å². The van der Waals surface area contributed by atoms with Gasteiger partial charge in [0, 0.05) is 57.9 Å². The Morgan fingerprint density at radius 3 is 2.63 bits per heavy atom. The van der Waals surface area contributed by atoms with Gasteiger partial charge in [-0.05, 0) is 59.8 Å². The van der Waals surface area contributed by atoms with Crippen LogP contribution in [0.15, 0.2) is 53.9 Å². The molecule has 2 amide bonds. The van der Waals surface area contributed by atoms with E-state index in [1.807, 2.05) is 18.4 Å². The van der Waals surface area contributed by atoms with Gasteiger partial charge in [-0.2, -0.15) is 0 Å². The molecule has 1 aliphatic heterocycles. The van der Waals surface area contributed by atoms with E-state index < -0.39 is 29.3 Å². The first-order valence-corrected chi connectivity index (χ1v) is 13.9. The van der Waals surface area contributed by atoms with Crippen molar-refractivity contribution < 1.29 is 28.6 Å². The molecule has 0 spiro atoms. The second-order valence-corrected chi connectivity index (χ2v) is 10.3. The van der Waals surface area contributed by atoms with Gasteiger partial charge in [0.1, 0.15) is 17.3 Å². The number of carboxylic acids is 1. The third-order valence-electron chi connectivity index (χ3n) is 6.67. The van der Waals surface area contributed by atoms with E-state index in [-0.39, 0.29) is 34.6 Å². The number of benzene rings is 2. The van der Waals surface area contributed by atoms with Gasteiger partial charge in [-0.25, -0.2) is 14.2 Å². The van der Waals surface area contributed by atoms with Crippen LogP contribution in [0.5, 0.6) is 5.75 Å². The molecule has 210 valence electrons. The Bertz CT molecular complexity index is 1670. The van der Waals surface area contributed by atoms with Crippen LogP contribution in [0.4, 0.5) is 10.1 Å². The monoisotopic (exact) mass is 574 g/mol. The Labute approximate surface area is 239 Å². The lowest BCUT2D eigenvalue weighted by Gasteiger charge is -2.17. The van der Waals surface area contributed by atoms with Crippen LogP contribution in [0.3, 0.4) is 0 Å². The molecule has 5 N–H and O–H groups in total. The SMILES string of the molecule is CCCNC(=O)c1ccc(-c2cc3c(cc2C(=O)Nc2ccc(CN)c(F)c2)-c2sccc2CCO3)c(C(=O)O)n1. The maximum absolute atomic E-state index is 14.4. The second kappa shape index (κ2) is 11.9. The van der Waals surface area contributed by atoms with E-state index in [2.05, 4.69) is 15.6 Å². The lowest BCUT2D eigenvalue weighted by Crippen LogP contribution is -2.25. The second-order valence-electron chi connectivity index (χ2n) is 9.39. The molecule has 9 nitrogen and oxygen atoms in total. The fraction of sp³-hybridized carbons (Fsp3) is 0.200. The van der Waals surface area contributed by atoms with Crippen LogP contribution < -0.4 is 21.1 Å². The summed E-state index contributed by atoms with van der Waals surface area (Å²) < 4.78 is 20.5. The number of aromatic carboxylic acids is 1. The van der Waals surface area contributed by atoms with E-state index in [0.717, 1.165) is 10.4 Å². The minimum Gasteiger partial charge on any atom is -0.493 e. The fourth-order valence-electron chi connectivity index (χ4n) is 4.61. The highest BCUT2D eigenvalue weighted by molar-refractivity contribution is 7.13. The largest absolute Gasteiger partial charge is 0.493 e. The first-order valence-electron chi connectivity index (χ1n) is 13.0. The number of anilines is 1. The summed E-state index contributed by atoms with van der Waals surface area (Å²) in [5.74, 6) is -2.54. The Hall–Kier alpha value is -4.61. The van der Waals surface area contributed by atoms with Crippen molar-refractivity contribution in [2.75, 3.05) is 18.5 Å². The minimum absolute atomic E-state index is 0.00953. The van der Waals surface area contributed by atoms with Gasteiger partial charge in [0.2, 0.25) is 0 Å². The Morgan fingerprint density at radius 2 is 1.90 bits per heavy atom. The molecular weight excluding hydrogens is 547 g/mol. The van der Waals surface area contributed by atoms with Crippen LogP contribution in [0.1, 0.15) is 55.8 Å². The summed E-state index contributed by atoms with van der Waals surface area (Å²) in [5, 5.41) is 17.4. The van der Waals surface area contributed by atoms with Crippen LogP contribution in [-0.2, 0) is 13.0 Å². The van der Waals surface area contributed by atoms with Crippen LogP contribution in [0, 0.1) is 5.82 Å². The maximum atomic E-state index is 14.4. The molecule has 0 saturated carbocycles. The summed E-state index contributed by atoms with van der Waals surface area (Å²) in [7, 11) is 0. The number of nitrogens with one attached hydrogen (secondary N) is 2. The standard InChI is InChI=1S/C30H27FN4O5S/c1-2-9-33-29(37)24-6-5-19(26(35-24)30(38)39)20-14-25-22(27-16(7-10-40-25)8-11-41-27)13-21(20)28(36)34-18-4-3-17(15-32)23(31)12-18/h3-6,8,11-14H,2,7,9-10,15,32H2,1H3,(H,33,37)(H,34,36)(H,38,39). The number of carbonyl (C=O) groups excluding carboxylic acids is 2. The number of amides is 2. The number of ether oxygens (including phenoxy) is 1. The van der Waals surface area contributed by atoms with Crippen molar-refractivity contribution in [2.45, 2.75) is 26.3 Å². The number of hydrogen-bond donors (Lipinski definition) is 4. The number of carbonyl (C=O) groups is 3. The van der Waals surface area contributed by atoms with Gasteiger partial charge in [0.25, 0.3) is 11.8 Å². The van der Waals surface area contributed by atoms with Crippen LogP contribution in [0.25, 0.3) is 21.6 Å². The molecular formula is C30H27FN4O5S. The van der Waals surface area contributed by atoms with Gasteiger partial charge in [0.05, 0.1) is 6.61 Å². The van der Waals surface area contributed by atoms with E-state index in [1.54, 1.807) is 18.2 Å². The maximum Gasteiger partial charge on any atom is 0.355 e. The number of thiophene rings is 1. The molecule has 0 saturated heterocycles. The average molecular weight is 575 g/mol. The zero-order valence-corrected chi connectivity index (χ0v) is 22.9. The van der Waals surface area contributed by atoms with Crippen LogP contribution in [-0.4, -0.2) is 41.0 Å². The number of nitrogens with two attached hydrogens (primary N) is 1. The van der Waals surface area contributed by atoms with Gasteiger partial charge in [0.15, 0.2) is 5.69 Å². The number of nitrogens with zero attached hydrogens (tertiary/aromatic N) is 1. The molecule has 0 unspecified atom stereocenters. The summed E-state index contributed by atoms with van der Waals surface area (Å²) >= 11 is 1.51. The Morgan fingerprint density at radius 1 is 1.07 bits per heavy atom. The molecule has 0 fully saturated rings. The number of pyridine rings is 1. The molecule has 0 aliphatic carbocycles. The normalized spacial score (nSPS) is 12.0. The lowest BCUT2D eigenvalue weighted by molar-refractivity contribution is 0.0691. The van der Waals surface area contributed by atoms with Crippen LogP contribution in [0.2, 0.25) is 0 Å². The highest BCUT2D eigenvalue weighted by atomic mass is 32.1. The first-order chi connectivity index (χ1) is 19.8. The third kappa shape index (κ3) is 5.67. The van der Waals surface area contributed by atoms with Crippen LogP contribution >= 0.6 is 11.3 Å². The predicted molar refractivity (Wildman–Crippen MR) is 154 cm³/mol. The van der Waals surface area contributed by atoms with E-state index in [1.165, 1.54) is 35.6 Å². The Kier molecular flexibility index (Phi) is 8.09. The van der Waals surface area contributed by atoms with Crippen molar-refractivity contribution in [1.82, 2.24) is 10.3 Å². The summed E-state index contributed by atoms with van der Waals surface area (Å²) in [5.41, 5.74) is 7.87. The highest BCUT2D eigenvalue weighted by Crippen LogP contribution is 2.43. The number of fused-ring (bicyclic) bond motifs is 3. The summed E-state index contributed by atoms with van der Waals surface area (Å²) in [6, 6.07) is 12.4. The first kappa shape index (κ1) is 27.9. The van der Waals surface area contributed by atoms with E-state index in [4.69, 9.17) is 10.5 Å².